The molecule has 1 atom stereocenters. The normalized spacial score (nSPS) is 43.0. The monoisotopic (exact) mass is 110 g/mol. The van der Waals surface area contributed by atoms with E-state index in [-0.39, 0.29) is 5.60 Å². The summed E-state index contributed by atoms with van der Waals surface area (Å²) in [5.74, 6) is 0. The van der Waals surface area contributed by atoms with Crippen LogP contribution in [0.3, 0.4) is 0 Å². The molecule has 0 amide bonds. The Labute approximate surface area is 49.3 Å². The summed E-state index contributed by atoms with van der Waals surface area (Å²) in [7, 11) is 0. The SMILES string of the molecule is C1=C[C@@]2(CCC1)CO2. The van der Waals surface area contributed by atoms with Gasteiger partial charge in [0.2, 0.25) is 0 Å². The molecule has 8 heavy (non-hydrogen) atoms. The van der Waals surface area contributed by atoms with E-state index in [2.05, 4.69) is 12.2 Å². The molecule has 1 aliphatic heterocycles. The van der Waals surface area contributed by atoms with Gasteiger partial charge in [-0.3, -0.25) is 0 Å². The van der Waals surface area contributed by atoms with Crippen LogP contribution in [0.5, 0.6) is 0 Å². The van der Waals surface area contributed by atoms with E-state index in [4.69, 9.17) is 4.74 Å². The van der Waals surface area contributed by atoms with E-state index >= 15 is 0 Å². The maximum Gasteiger partial charge on any atom is 0.110 e. The third-order valence-corrected chi connectivity index (χ3v) is 1.91. The van der Waals surface area contributed by atoms with Crippen molar-refractivity contribution in [3.63, 3.8) is 0 Å². The number of ether oxygens (including phenoxy) is 1. The van der Waals surface area contributed by atoms with E-state index in [1.807, 2.05) is 0 Å². The van der Waals surface area contributed by atoms with Gasteiger partial charge in [0.25, 0.3) is 0 Å². The van der Waals surface area contributed by atoms with E-state index in [1.165, 1.54) is 19.3 Å². The highest BCUT2D eigenvalue weighted by molar-refractivity contribution is 5.12. The predicted octanol–water partition coefficient (Wildman–Crippen LogP) is 1.50. The molecule has 0 unspecified atom stereocenters. The van der Waals surface area contributed by atoms with Gasteiger partial charge in [-0.2, -0.15) is 0 Å². The van der Waals surface area contributed by atoms with Crippen molar-refractivity contribution in [1.29, 1.82) is 0 Å². The predicted molar refractivity (Wildman–Crippen MR) is 31.7 cm³/mol. The van der Waals surface area contributed by atoms with E-state index in [1.54, 1.807) is 0 Å². The highest BCUT2D eigenvalue weighted by Gasteiger charge is 2.42. The molecule has 1 nitrogen and oxygen atoms in total. The third kappa shape index (κ3) is 0.583. The van der Waals surface area contributed by atoms with E-state index in [0.717, 1.165) is 6.61 Å². The quantitative estimate of drug-likeness (QED) is 0.340. The van der Waals surface area contributed by atoms with Gasteiger partial charge in [0.1, 0.15) is 5.60 Å². The van der Waals surface area contributed by atoms with Crippen molar-refractivity contribution in [3.8, 4) is 0 Å². The van der Waals surface area contributed by atoms with Crippen LogP contribution in [-0.2, 0) is 4.74 Å². The molecule has 0 radical (unpaired) electrons. The van der Waals surface area contributed by atoms with Crippen molar-refractivity contribution >= 4 is 0 Å². The Balaban J connectivity index is 2.13. The maximum absolute atomic E-state index is 5.25. The van der Waals surface area contributed by atoms with Gasteiger partial charge < -0.3 is 4.74 Å². The van der Waals surface area contributed by atoms with Crippen LogP contribution in [-0.4, -0.2) is 12.2 Å². The Kier molecular flexibility index (Phi) is 0.770. The van der Waals surface area contributed by atoms with Crippen LogP contribution in [0.1, 0.15) is 19.3 Å². The first kappa shape index (κ1) is 4.57. The first-order chi connectivity index (χ1) is 3.91. The summed E-state index contributed by atoms with van der Waals surface area (Å²) in [4.78, 5) is 0. The van der Waals surface area contributed by atoms with Crippen LogP contribution >= 0.6 is 0 Å². The van der Waals surface area contributed by atoms with E-state index < -0.39 is 0 Å². The Morgan fingerprint density at radius 2 is 2.38 bits per heavy atom. The summed E-state index contributed by atoms with van der Waals surface area (Å²) in [5, 5.41) is 0. The molecular formula is C7H10O. The Hall–Kier alpha value is -0.300. The largest absolute Gasteiger partial charge is 0.365 e. The fourth-order valence-corrected chi connectivity index (χ4v) is 1.23. The van der Waals surface area contributed by atoms with Gasteiger partial charge in [0.15, 0.2) is 0 Å². The Morgan fingerprint density at radius 3 is 2.75 bits per heavy atom. The molecule has 0 aromatic heterocycles. The average molecular weight is 110 g/mol. The zero-order chi connectivity index (χ0) is 5.45. The minimum atomic E-state index is 0.248. The molecule has 1 aliphatic carbocycles. The molecule has 2 aliphatic rings. The number of allylic oxidation sites excluding steroid dienone is 1. The van der Waals surface area contributed by atoms with Gasteiger partial charge in [-0.05, 0) is 19.3 Å². The fraction of sp³-hybridized carbons (Fsp3) is 0.714. The molecular weight excluding hydrogens is 100 g/mol. The number of epoxide rings is 1. The zero-order valence-electron chi connectivity index (χ0n) is 4.89. The molecule has 0 aromatic carbocycles. The summed E-state index contributed by atoms with van der Waals surface area (Å²) in [6.07, 6.45) is 8.28. The number of hydrogen-bond donors (Lipinski definition) is 0. The lowest BCUT2D eigenvalue weighted by Gasteiger charge is -2.08. The summed E-state index contributed by atoms with van der Waals surface area (Å²) in [5.41, 5.74) is 0.248. The molecule has 0 bridgehead atoms. The summed E-state index contributed by atoms with van der Waals surface area (Å²) >= 11 is 0. The first-order valence-electron chi connectivity index (χ1n) is 3.23. The average Bonchev–Trinajstić information content (AvgIpc) is 2.52. The molecule has 44 valence electrons. The standard InChI is InChI=1S/C7H10O/c1-2-4-7(5-3-1)6-8-7/h2,4H,1,3,5-6H2/t7-/m1/s1. The molecule has 1 heterocycles. The Morgan fingerprint density at radius 1 is 1.50 bits per heavy atom. The van der Waals surface area contributed by atoms with Crippen LogP contribution in [0, 0.1) is 0 Å². The topological polar surface area (TPSA) is 12.5 Å². The molecule has 0 aromatic rings. The summed E-state index contributed by atoms with van der Waals surface area (Å²) in [6, 6.07) is 0. The molecule has 1 fully saturated rings. The summed E-state index contributed by atoms with van der Waals surface area (Å²) in [6.45, 7) is 0.976. The van der Waals surface area contributed by atoms with Gasteiger partial charge in [0, 0.05) is 0 Å². The molecule has 0 saturated carbocycles. The molecule has 1 saturated heterocycles. The number of hydrogen-bond acceptors (Lipinski definition) is 1. The second-order valence-corrected chi connectivity index (χ2v) is 2.65. The van der Waals surface area contributed by atoms with Crippen molar-refractivity contribution in [2.45, 2.75) is 24.9 Å². The smallest absolute Gasteiger partial charge is 0.110 e. The van der Waals surface area contributed by atoms with E-state index in [0.29, 0.717) is 0 Å². The highest BCUT2D eigenvalue weighted by atomic mass is 16.6. The van der Waals surface area contributed by atoms with Crippen LogP contribution in [0.2, 0.25) is 0 Å². The minimum absolute atomic E-state index is 0.248. The molecule has 1 spiro atoms. The van der Waals surface area contributed by atoms with Crippen molar-refractivity contribution in [1.82, 2.24) is 0 Å². The minimum Gasteiger partial charge on any atom is -0.365 e. The summed E-state index contributed by atoms with van der Waals surface area (Å²) < 4.78 is 5.25. The Bertz CT molecular complexity index is 122. The fourth-order valence-electron chi connectivity index (χ4n) is 1.23. The second-order valence-electron chi connectivity index (χ2n) is 2.65. The zero-order valence-corrected chi connectivity index (χ0v) is 4.89. The van der Waals surface area contributed by atoms with E-state index in [9.17, 15) is 0 Å². The van der Waals surface area contributed by atoms with Crippen LogP contribution < -0.4 is 0 Å². The van der Waals surface area contributed by atoms with Crippen molar-refractivity contribution in [2.75, 3.05) is 6.61 Å². The van der Waals surface area contributed by atoms with Gasteiger partial charge in [-0.1, -0.05) is 12.2 Å². The molecule has 1 heteroatoms. The van der Waals surface area contributed by atoms with Gasteiger partial charge >= 0.3 is 0 Å². The van der Waals surface area contributed by atoms with Crippen LogP contribution in [0.15, 0.2) is 12.2 Å². The molecule has 2 rings (SSSR count). The third-order valence-electron chi connectivity index (χ3n) is 1.91. The van der Waals surface area contributed by atoms with Gasteiger partial charge in [-0.25, -0.2) is 0 Å². The van der Waals surface area contributed by atoms with Crippen molar-refractivity contribution < 1.29 is 4.74 Å². The lowest BCUT2D eigenvalue weighted by Crippen LogP contribution is -2.08. The van der Waals surface area contributed by atoms with Crippen LogP contribution in [0.25, 0.3) is 0 Å². The maximum atomic E-state index is 5.25. The van der Waals surface area contributed by atoms with Crippen molar-refractivity contribution in [2.24, 2.45) is 0 Å². The lowest BCUT2D eigenvalue weighted by atomic mass is 9.97. The lowest BCUT2D eigenvalue weighted by molar-refractivity contribution is 0.325. The molecule has 0 N–H and O–H groups in total. The van der Waals surface area contributed by atoms with Crippen LogP contribution in [0.4, 0.5) is 0 Å². The first-order valence-corrected chi connectivity index (χ1v) is 3.23. The van der Waals surface area contributed by atoms with Gasteiger partial charge in [0.05, 0.1) is 6.61 Å². The highest BCUT2D eigenvalue weighted by Crippen LogP contribution is 2.36. The number of rotatable bonds is 0. The van der Waals surface area contributed by atoms with Crippen molar-refractivity contribution in [3.05, 3.63) is 12.2 Å². The second kappa shape index (κ2) is 1.35. The van der Waals surface area contributed by atoms with Gasteiger partial charge in [-0.15, -0.1) is 0 Å².